The van der Waals surface area contributed by atoms with Crippen molar-refractivity contribution in [1.82, 2.24) is 0 Å². The first-order valence-corrected chi connectivity index (χ1v) is 6.51. The van der Waals surface area contributed by atoms with Gasteiger partial charge in [0, 0.05) is 6.92 Å². The maximum Gasteiger partial charge on any atom is 1.00 e. The van der Waals surface area contributed by atoms with Gasteiger partial charge in [-0.2, -0.15) is 31.6 Å². The molecule has 0 saturated carbocycles. The van der Waals surface area contributed by atoms with Crippen LogP contribution in [0, 0.1) is 11.3 Å². The second-order valence-corrected chi connectivity index (χ2v) is 5.56. The molecule has 0 aliphatic heterocycles. The summed E-state index contributed by atoms with van der Waals surface area (Å²) in [5.41, 5.74) is -12.4. The molecule has 0 aromatic carbocycles. The number of rotatable bonds is 2. The van der Waals surface area contributed by atoms with Gasteiger partial charge in [0.2, 0.25) is 0 Å². The average Bonchev–Trinajstić information content (AvgIpc) is 2.16. The van der Waals surface area contributed by atoms with Crippen molar-refractivity contribution < 1.29 is 60.2 Å². The third kappa shape index (κ3) is 10.7. The minimum absolute atomic E-state index is 0. The van der Waals surface area contributed by atoms with Crippen molar-refractivity contribution in [3.63, 3.8) is 0 Å². The van der Waals surface area contributed by atoms with Crippen LogP contribution in [0.1, 0.15) is 6.92 Å². The zero-order valence-electron chi connectivity index (χ0n) is 9.57. The molecule has 4 N–H and O–H groups in total. The predicted octanol–water partition coefficient (Wildman–Crippen LogP) is 0.405. The molecule has 132 valence electrons. The van der Waals surface area contributed by atoms with Crippen LogP contribution in [0.25, 0.3) is 4.13 Å². The van der Waals surface area contributed by atoms with Crippen LogP contribution in [0.5, 0.6) is 0 Å². The third-order valence-corrected chi connectivity index (χ3v) is 3.52. The van der Waals surface area contributed by atoms with E-state index < -0.39 is 31.1 Å². The topological polar surface area (TPSA) is 158 Å². The third-order valence-electron chi connectivity index (χ3n) is 0.781. The first-order chi connectivity index (χ1) is 8.62. The van der Waals surface area contributed by atoms with Crippen LogP contribution in [0.2, 0.25) is 0 Å². The summed E-state index contributed by atoms with van der Waals surface area (Å²) in [5, 5.41) is 7.32. The maximum absolute atomic E-state index is 11.4. The number of sulfonamides is 2. The Hall–Kier alpha value is -0.631. The van der Waals surface area contributed by atoms with Crippen LogP contribution in [-0.2, 0) is 37.1 Å². The van der Waals surface area contributed by atoms with Gasteiger partial charge in [-0.15, -0.1) is 0 Å². The van der Waals surface area contributed by atoms with Gasteiger partial charge in [0.25, 0.3) is 0 Å². The van der Waals surface area contributed by atoms with E-state index in [2.05, 4.69) is 11.7 Å². The maximum atomic E-state index is 11.4. The van der Waals surface area contributed by atoms with E-state index >= 15 is 0 Å². The molecule has 0 unspecified atom stereocenters. The molecule has 0 aliphatic rings. The Kier molecular flexibility index (Phi) is 13.8. The number of nitrogens with two attached hydrogens (primary N) is 2. The zero-order valence-corrected chi connectivity index (χ0v) is 12.1. The molecular formula is C4H7CuF6N4O4S2. The first kappa shape index (κ1) is 28.5. The first-order valence-electron chi connectivity index (χ1n) is 3.63. The minimum atomic E-state index is -6.72. The van der Waals surface area contributed by atoms with Gasteiger partial charge < -0.3 is 4.13 Å². The summed E-state index contributed by atoms with van der Waals surface area (Å²) in [5.74, 6) is 8.00. The molecular weight excluding hydrogens is 410 g/mol. The Balaban J connectivity index is -0.000000212. The van der Waals surface area contributed by atoms with Gasteiger partial charge in [0.1, 0.15) is 0 Å². The van der Waals surface area contributed by atoms with E-state index in [0.717, 1.165) is 4.13 Å². The van der Waals surface area contributed by atoms with Crippen LogP contribution >= 0.6 is 0 Å². The normalized spacial score (nSPS) is 11.6. The molecule has 0 rings (SSSR count). The van der Waals surface area contributed by atoms with Crippen LogP contribution in [0.4, 0.5) is 26.3 Å². The van der Waals surface area contributed by atoms with Crippen LogP contribution in [0.15, 0.2) is 0 Å². The van der Waals surface area contributed by atoms with Gasteiger partial charge in [-0.3, -0.25) is 11.7 Å². The molecule has 0 radical (unpaired) electrons. The van der Waals surface area contributed by atoms with Gasteiger partial charge >= 0.3 is 28.1 Å². The molecule has 17 heteroatoms. The molecule has 0 fully saturated rings. The van der Waals surface area contributed by atoms with E-state index in [1.54, 1.807) is 6.07 Å². The summed E-state index contributed by atoms with van der Waals surface area (Å²) in [7, 11) is -13.4. The number of hydrogen-bond acceptors (Lipinski definition) is 7. The molecule has 0 aromatic heterocycles. The van der Waals surface area contributed by atoms with E-state index in [4.69, 9.17) is 5.26 Å². The molecule has 0 bridgehead atoms. The Morgan fingerprint density at radius 3 is 1.14 bits per heavy atom. The fourth-order valence-electron chi connectivity index (χ4n) is 0.214. The summed E-state index contributed by atoms with van der Waals surface area (Å²) >= 11 is 0. The van der Waals surface area contributed by atoms with E-state index in [0.29, 0.717) is 0 Å². The monoisotopic (exact) mass is 416 g/mol. The molecule has 0 heterocycles. The Labute approximate surface area is 126 Å². The van der Waals surface area contributed by atoms with Crippen molar-refractivity contribution in [3.8, 4) is 6.07 Å². The summed E-state index contributed by atoms with van der Waals surface area (Å²) in [6, 6.07) is 1.75. The van der Waals surface area contributed by atoms with E-state index in [1.165, 1.54) is 6.92 Å². The van der Waals surface area contributed by atoms with E-state index in [-0.39, 0.29) is 17.1 Å². The van der Waals surface area contributed by atoms with Crippen molar-refractivity contribution in [2.45, 2.75) is 17.9 Å². The van der Waals surface area contributed by atoms with Crippen molar-refractivity contribution in [1.29, 1.82) is 5.26 Å². The van der Waals surface area contributed by atoms with E-state index in [9.17, 15) is 43.2 Å². The summed E-state index contributed by atoms with van der Waals surface area (Å²) in [6.45, 7) is 1.43. The van der Waals surface area contributed by atoms with Gasteiger partial charge in [-0.1, -0.05) is 0 Å². The number of nitriles is 1. The second kappa shape index (κ2) is 10.2. The Morgan fingerprint density at radius 2 is 1.05 bits per heavy atom. The molecule has 0 spiro atoms. The van der Waals surface area contributed by atoms with Crippen LogP contribution in [-0.4, -0.2) is 27.9 Å². The van der Waals surface area contributed by atoms with Crippen LogP contribution in [0.3, 0.4) is 0 Å². The summed E-state index contributed by atoms with van der Waals surface area (Å²) in [6.07, 6.45) is 0. The molecule has 21 heavy (non-hydrogen) atoms. The molecule has 0 amide bonds. The van der Waals surface area contributed by atoms with E-state index in [1.807, 2.05) is 0 Å². The van der Waals surface area contributed by atoms with Crippen molar-refractivity contribution in [3.05, 3.63) is 4.13 Å². The van der Waals surface area contributed by atoms with Gasteiger partial charge in [-0.05, 0) is 0 Å². The molecule has 8 nitrogen and oxygen atoms in total. The SMILES string of the molecule is CC#N.NN.O=S(=O)([N-]S(=O)(=O)C(F)(F)F)C(F)(F)F.[Cu+]. The number of hydrazine groups is 1. The number of alkyl halides is 6. The number of halogens is 6. The van der Waals surface area contributed by atoms with Gasteiger partial charge in [0.05, 0.1) is 6.07 Å². The zero-order chi connectivity index (χ0) is 17.4. The van der Waals surface area contributed by atoms with Gasteiger partial charge in [-0.25, -0.2) is 16.8 Å². The largest absolute Gasteiger partial charge is 1.00 e. The molecule has 0 atom stereocenters. The molecule has 0 saturated heterocycles. The Morgan fingerprint density at radius 1 is 0.905 bits per heavy atom. The fourth-order valence-corrected chi connectivity index (χ4v) is 1.92. The van der Waals surface area contributed by atoms with Gasteiger partial charge in [0.15, 0.2) is 20.0 Å². The predicted molar refractivity (Wildman–Crippen MR) is 53.0 cm³/mol. The fraction of sp³-hybridized carbons (Fsp3) is 0.750. The molecule has 0 aliphatic carbocycles. The summed E-state index contributed by atoms with van der Waals surface area (Å²) in [4.78, 5) is 0. The average molecular weight is 417 g/mol. The van der Waals surface area contributed by atoms with Crippen LogP contribution < -0.4 is 11.7 Å². The molecule has 0 aromatic rings. The quantitative estimate of drug-likeness (QED) is 0.285. The Bertz CT molecular complexity index is 478. The van der Waals surface area contributed by atoms with Crippen molar-refractivity contribution in [2.75, 3.05) is 0 Å². The number of hydrogen-bond donors (Lipinski definition) is 2. The second-order valence-electron chi connectivity index (χ2n) is 2.14. The smallest absolute Gasteiger partial charge is 0.421 e. The number of nitrogens with zero attached hydrogens (tertiary/aromatic N) is 2. The summed E-state index contributed by atoms with van der Waals surface area (Å²) < 4.78 is 109. The minimum Gasteiger partial charge on any atom is -0.421 e. The standard InChI is InChI=1S/C2F6NO4S2.C2H3N.Cu.H4N2/c3-1(4,5)14(10,11)9-15(12,13)2(6,7)8;1-2-3;;1-2/h;1H3;;1-2H2/q-1;;+1;. The van der Waals surface area contributed by atoms with Crippen molar-refractivity contribution in [2.24, 2.45) is 11.7 Å². The van der Waals surface area contributed by atoms with Crippen molar-refractivity contribution >= 4 is 20.0 Å².